The van der Waals surface area contributed by atoms with E-state index in [1.54, 1.807) is 6.92 Å². The first-order valence-electron chi connectivity index (χ1n) is 6.49. The van der Waals surface area contributed by atoms with Crippen LogP contribution in [0.5, 0.6) is 0 Å². The smallest absolute Gasteiger partial charge is 0.333 e. The molecule has 0 aromatic rings. The average Bonchev–Trinajstić information content (AvgIpc) is 2.36. The summed E-state index contributed by atoms with van der Waals surface area (Å²) in [5, 5.41) is 0. The van der Waals surface area contributed by atoms with E-state index in [4.69, 9.17) is 4.74 Å². The molecule has 0 radical (unpaired) electrons. The Bertz CT molecular complexity index is 328. The molecule has 2 atom stereocenters. The normalized spacial score (nSPS) is 31.6. The number of hydrogen-bond acceptors (Lipinski definition) is 2. The van der Waals surface area contributed by atoms with Crippen molar-refractivity contribution in [2.75, 3.05) is 0 Å². The zero-order valence-electron chi connectivity index (χ0n) is 12.1. The quantitative estimate of drug-likeness (QED) is 0.549. The van der Waals surface area contributed by atoms with Crippen LogP contribution in [0.3, 0.4) is 0 Å². The van der Waals surface area contributed by atoms with Gasteiger partial charge >= 0.3 is 5.97 Å². The van der Waals surface area contributed by atoms with Crippen LogP contribution in [0.1, 0.15) is 54.4 Å². The largest absolute Gasteiger partial charge is 0.455 e. The van der Waals surface area contributed by atoms with Gasteiger partial charge in [-0.05, 0) is 37.0 Å². The van der Waals surface area contributed by atoms with Gasteiger partial charge in [-0.3, -0.25) is 0 Å². The monoisotopic (exact) mass is 238 g/mol. The predicted octanol–water partition coefficient (Wildman–Crippen LogP) is 3.96. The van der Waals surface area contributed by atoms with Crippen LogP contribution in [0, 0.1) is 17.3 Å². The van der Waals surface area contributed by atoms with Crippen molar-refractivity contribution in [2.24, 2.45) is 17.3 Å². The summed E-state index contributed by atoms with van der Waals surface area (Å²) in [6.07, 6.45) is 2.05. The summed E-state index contributed by atoms with van der Waals surface area (Å²) in [4.78, 5) is 11.8. The maximum atomic E-state index is 11.8. The summed E-state index contributed by atoms with van der Waals surface area (Å²) in [6, 6.07) is 0. The third kappa shape index (κ3) is 2.72. The minimum absolute atomic E-state index is 0.247. The molecular formula is C15H26O2. The molecular weight excluding hydrogens is 212 g/mol. The Kier molecular flexibility index (Phi) is 3.75. The van der Waals surface area contributed by atoms with Gasteiger partial charge in [-0.1, -0.05) is 41.2 Å². The second kappa shape index (κ2) is 4.47. The van der Waals surface area contributed by atoms with Gasteiger partial charge in [0.1, 0.15) is 5.60 Å². The number of ether oxygens (including phenoxy) is 1. The molecule has 0 saturated heterocycles. The SMILES string of the molecule is C=C(C)C(=O)OC1(C(C)C)CC(C)(C)CC1C. The van der Waals surface area contributed by atoms with Crippen molar-refractivity contribution in [3.05, 3.63) is 12.2 Å². The Balaban J connectivity index is 3.00. The van der Waals surface area contributed by atoms with Gasteiger partial charge in [0, 0.05) is 5.57 Å². The lowest BCUT2D eigenvalue weighted by Gasteiger charge is -2.38. The van der Waals surface area contributed by atoms with E-state index < -0.39 is 0 Å². The third-order valence-corrected chi connectivity index (χ3v) is 4.06. The molecule has 0 amide bonds. The van der Waals surface area contributed by atoms with E-state index in [-0.39, 0.29) is 17.0 Å². The van der Waals surface area contributed by atoms with Crippen LogP contribution in [0.15, 0.2) is 12.2 Å². The Morgan fingerprint density at radius 2 is 1.94 bits per heavy atom. The van der Waals surface area contributed by atoms with Gasteiger partial charge in [0.25, 0.3) is 0 Å². The highest BCUT2D eigenvalue weighted by molar-refractivity contribution is 5.87. The van der Waals surface area contributed by atoms with E-state index in [0.717, 1.165) is 12.8 Å². The van der Waals surface area contributed by atoms with Crippen LogP contribution in [0.25, 0.3) is 0 Å². The van der Waals surface area contributed by atoms with Crippen LogP contribution >= 0.6 is 0 Å². The summed E-state index contributed by atoms with van der Waals surface area (Å²) >= 11 is 0. The van der Waals surface area contributed by atoms with Gasteiger partial charge in [-0.25, -0.2) is 4.79 Å². The van der Waals surface area contributed by atoms with E-state index in [9.17, 15) is 4.79 Å². The highest BCUT2D eigenvalue weighted by atomic mass is 16.6. The minimum Gasteiger partial charge on any atom is -0.455 e. The summed E-state index contributed by atoms with van der Waals surface area (Å²) in [5.74, 6) is 0.492. The van der Waals surface area contributed by atoms with E-state index in [2.05, 4.69) is 41.2 Å². The standard InChI is InChI=1S/C15H26O2/c1-10(2)13(16)17-15(11(3)4)9-14(6,7)8-12(15)5/h11-12H,1,8-9H2,2-7H3. The van der Waals surface area contributed by atoms with Crippen LogP contribution in [-0.2, 0) is 9.53 Å². The molecule has 2 unspecified atom stereocenters. The van der Waals surface area contributed by atoms with Crippen molar-refractivity contribution in [3.8, 4) is 0 Å². The van der Waals surface area contributed by atoms with Gasteiger partial charge < -0.3 is 4.74 Å². The first-order chi connectivity index (χ1) is 7.61. The molecule has 1 saturated carbocycles. The molecule has 0 aromatic heterocycles. The second-order valence-electron chi connectivity index (χ2n) is 6.73. The summed E-state index contributed by atoms with van der Waals surface area (Å²) in [5.41, 5.74) is 0.417. The van der Waals surface area contributed by atoms with E-state index in [1.165, 1.54) is 0 Å². The van der Waals surface area contributed by atoms with Gasteiger partial charge in [0.15, 0.2) is 0 Å². The molecule has 1 fully saturated rings. The Morgan fingerprint density at radius 3 is 2.24 bits per heavy atom. The highest BCUT2D eigenvalue weighted by Gasteiger charge is 2.53. The Hall–Kier alpha value is -0.790. The van der Waals surface area contributed by atoms with Crippen molar-refractivity contribution in [2.45, 2.75) is 60.0 Å². The highest BCUT2D eigenvalue weighted by Crippen LogP contribution is 2.52. The molecule has 0 N–H and O–H groups in total. The van der Waals surface area contributed by atoms with E-state index in [0.29, 0.717) is 17.4 Å². The molecule has 0 spiro atoms. The van der Waals surface area contributed by atoms with Gasteiger partial charge in [-0.15, -0.1) is 0 Å². The van der Waals surface area contributed by atoms with Gasteiger partial charge in [-0.2, -0.15) is 0 Å². The fourth-order valence-corrected chi connectivity index (χ4v) is 3.28. The van der Waals surface area contributed by atoms with Crippen molar-refractivity contribution in [1.29, 1.82) is 0 Å². The van der Waals surface area contributed by atoms with E-state index >= 15 is 0 Å². The average molecular weight is 238 g/mol. The zero-order valence-corrected chi connectivity index (χ0v) is 12.1. The molecule has 2 nitrogen and oxygen atoms in total. The molecule has 1 rings (SSSR count). The topological polar surface area (TPSA) is 26.3 Å². The molecule has 2 heteroatoms. The number of hydrogen-bond donors (Lipinski definition) is 0. The minimum atomic E-state index is -0.320. The summed E-state index contributed by atoms with van der Waals surface area (Å²) in [7, 11) is 0. The first-order valence-corrected chi connectivity index (χ1v) is 6.49. The molecule has 98 valence electrons. The van der Waals surface area contributed by atoms with Crippen LogP contribution in [0.4, 0.5) is 0 Å². The lowest BCUT2D eigenvalue weighted by Crippen LogP contribution is -2.43. The lowest BCUT2D eigenvalue weighted by atomic mass is 9.80. The zero-order chi connectivity index (χ0) is 13.4. The fourth-order valence-electron chi connectivity index (χ4n) is 3.28. The summed E-state index contributed by atoms with van der Waals surface area (Å²) < 4.78 is 5.83. The second-order valence-corrected chi connectivity index (χ2v) is 6.73. The van der Waals surface area contributed by atoms with Crippen LogP contribution in [-0.4, -0.2) is 11.6 Å². The molecule has 0 aromatic carbocycles. The van der Waals surface area contributed by atoms with Crippen molar-refractivity contribution < 1.29 is 9.53 Å². The summed E-state index contributed by atoms with van der Waals surface area (Å²) in [6.45, 7) is 16.4. The lowest BCUT2D eigenvalue weighted by molar-refractivity contribution is -0.165. The Labute approximate surface area is 105 Å². The maximum Gasteiger partial charge on any atom is 0.333 e. The molecule has 17 heavy (non-hydrogen) atoms. The van der Waals surface area contributed by atoms with Crippen LogP contribution < -0.4 is 0 Å². The fraction of sp³-hybridized carbons (Fsp3) is 0.800. The van der Waals surface area contributed by atoms with E-state index in [1.807, 2.05) is 0 Å². The number of rotatable bonds is 3. The first kappa shape index (κ1) is 14.3. The Morgan fingerprint density at radius 1 is 1.41 bits per heavy atom. The number of carbonyl (C=O) groups excluding carboxylic acids is 1. The third-order valence-electron chi connectivity index (χ3n) is 4.06. The van der Waals surface area contributed by atoms with Crippen molar-refractivity contribution >= 4 is 5.97 Å². The van der Waals surface area contributed by atoms with Crippen molar-refractivity contribution in [3.63, 3.8) is 0 Å². The number of carbonyl (C=O) groups is 1. The maximum absolute atomic E-state index is 11.8. The molecule has 1 aliphatic carbocycles. The predicted molar refractivity (Wildman–Crippen MR) is 70.7 cm³/mol. The molecule has 0 heterocycles. The molecule has 0 aliphatic heterocycles. The molecule has 1 aliphatic rings. The number of esters is 1. The van der Waals surface area contributed by atoms with Crippen molar-refractivity contribution in [1.82, 2.24) is 0 Å². The molecule has 0 bridgehead atoms. The van der Waals surface area contributed by atoms with Crippen LogP contribution in [0.2, 0.25) is 0 Å². The van der Waals surface area contributed by atoms with Gasteiger partial charge in [0.05, 0.1) is 0 Å². The van der Waals surface area contributed by atoms with Gasteiger partial charge in [0.2, 0.25) is 0 Å².